The van der Waals surface area contributed by atoms with Gasteiger partial charge in [-0.3, -0.25) is 0 Å². The first-order chi connectivity index (χ1) is 9.13. The molecule has 1 aliphatic heterocycles. The molecular weight excluding hydrogens is 272 g/mol. The maximum absolute atomic E-state index is 13.9. The van der Waals surface area contributed by atoms with Gasteiger partial charge in [0.1, 0.15) is 0 Å². The molecule has 0 radical (unpaired) electrons. The second-order valence-electron chi connectivity index (χ2n) is 4.31. The smallest absolute Gasteiger partial charge is 0.340 e. The molecule has 0 atom stereocenters. The minimum absolute atomic E-state index is 0.0991. The number of ether oxygens (including phenoxy) is 1. The van der Waals surface area contributed by atoms with E-state index in [9.17, 15) is 13.6 Å². The quantitative estimate of drug-likeness (QED) is 0.867. The lowest BCUT2D eigenvalue weighted by molar-refractivity contribution is 0.0594. The third-order valence-corrected chi connectivity index (χ3v) is 4.12. The number of nitrogens with one attached hydrogen (secondary N) is 1. The standard InChI is InChI=1S/C13H15F2NO2S/c1-18-13(17)9-2-3-10(12(15)11(9)14)16-8-4-6-19-7-5-8/h2-3,8,16H,4-7H2,1H3. The molecule has 104 valence electrons. The van der Waals surface area contributed by atoms with E-state index < -0.39 is 17.6 Å². The molecule has 1 fully saturated rings. The van der Waals surface area contributed by atoms with Gasteiger partial charge in [-0.05, 0) is 36.5 Å². The van der Waals surface area contributed by atoms with Crippen molar-refractivity contribution < 1.29 is 18.3 Å². The van der Waals surface area contributed by atoms with Gasteiger partial charge in [0, 0.05) is 6.04 Å². The number of methoxy groups -OCH3 is 1. The molecule has 1 aromatic rings. The fraction of sp³-hybridized carbons (Fsp3) is 0.462. The SMILES string of the molecule is COC(=O)c1ccc(NC2CCSCC2)c(F)c1F. The molecule has 1 saturated heterocycles. The second-order valence-corrected chi connectivity index (χ2v) is 5.54. The second kappa shape index (κ2) is 6.23. The van der Waals surface area contributed by atoms with Crippen molar-refractivity contribution in [2.45, 2.75) is 18.9 Å². The number of carbonyl (C=O) groups is 1. The summed E-state index contributed by atoms with van der Waals surface area (Å²) in [6.07, 6.45) is 1.84. The average molecular weight is 287 g/mol. The Bertz CT molecular complexity index is 476. The lowest BCUT2D eigenvalue weighted by atomic mass is 10.1. The third kappa shape index (κ3) is 3.18. The van der Waals surface area contributed by atoms with Crippen LogP contribution < -0.4 is 5.32 Å². The van der Waals surface area contributed by atoms with Crippen LogP contribution in [0.4, 0.5) is 14.5 Å². The summed E-state index contributed by atoms with van der Waals surface area (Å²) in [5.74, 6) is -1.04. The molecule has 1 N–H and O–H groups in total. The number of hydrogen-bond acceptors (Lipinski definition) is 4. The lowest BCUT2D eigenvalue weighted by Gasteiger charge is -2.24. The van der Waals surface area contributed by atoms with E-state index in [-0.39, 0.29) is 17.3 Å². The molecule has 0 bridgehead atoms. The molecular formula is C13H15F2NO2S. The van der Waals surface area contributed by atoms with Crippen LogP contribution >= 0.6 is 11.8 Å². The number of hydrogen-bond donors (Lipinski definition) is 1. The third-order valence-electron chi connectivity index (χ3n) is 3.07. The van der Waals surface area contributed by atoms with Crippen LogP contribution in [0.5, 0.6) is 0 Å². The van der Waals surface area contributed by atoms with Crippen LogP contribution in [0, 0.1) is 11.6 Å². The van der Waals surface area contributed by atoms with Gasteiger partial charge in [0.05, 0.1) is 18.4 Å². The maximum Gasteiger partial charge on any atom is 0.340 e. The molecule has 0 unspecified atom stereocenters. The number of anilines is 1. The number of esters is 1. The summed E-state index contributed by atoms with van der Waals surface area (Å²) < 4.78 is 32.0. The molecule has 0 aliphatic carbocycles. The first-order valence-electron chi connectivity index (χ1n) is 6.04. The molecule has 0 spiro atoms. The molecule has 0 amide bonds. The summed E-state index contributed by atoms with van der Waals surface area (Å²) in [5.41, 5.74) is -0.285. The van der Waals surface area contributed by atoms with Crippen molar-refractivity contribution in [3.8, 4) is 0 Å². The summed E-state index contributed by atoms with van der Waals surface area (Å²) in [7, 11) is 1.13. The summed E-state index contributed by atoms with van der Waals surface area (Å²) in [6.45, 7) is 0. The van der Waals surface area contributed by atoms with Crippen LogP contribution in [-0.2, 0) is 4.74 Å². The predicted molar refractivity (Wildman–Crippen MR) is 71.7 cm³/mol. The average Bonchev–Trinajstić information content (AvgIpc) is 2.44. The van der Waals surface area contributed by atoms with Crippen molar-refractivity contribution in [3.05, 3.63) is 29.3 Å². The largest absolute Gasteiger partial charge is 0.465 e. The van der Waals surface area contributed by atoms with Crippen LogP contribution in [0.3, 0.4) is 0 Å². The maximum atomic E-state index is 13.9. The first-order valence-corrected chi connectivity index (χ1v) is 7.19. The number of thioether (sulfide) groups is 1. The van der Waals surface area contributed by atoms with Gasteiger partial charge >= 0.3 is 5.97 Å². The number of benzene rings is 1. The van der Waals surface area contributed by atoms with Gasteiger partial charge in [-0.1, -0.05) is 0 Å². The summed E-state index contributed by atoms with van der Waals surface area (Å²) in [4.78, 5) is 11.2. The number of rotatable bonds is 3. The van der Waals surface area contributed by atoms with Crippen LogP contribution in [0.25, 0.3) is 0 Å². The first kappa shape index (κ1) is 14.1. The molecule has 1 aromatic carbocycles. The Morgan fingerprint density at radius 3 is 2.63 bits per heavy atom. The molecule has 0 aromatic heterocycles. The Hall–Kier alpha value is -1.30. The topological polar surface area (TPSA) is 38.3 Å². The van der Waals surface area contributed by atoms with Gasteiger partial charge in [0.25, 0.3) is 0 Å². The van der Waals surface area contributed by atoms with Gasteiger partial charge in [0.2, 0.25) is 0 Å². The zero-order valence-electron chi connectivity index (χ0n) is 10.5. The molecule has 1 aliphatic rings. The van der Waals surface area contributed by atoms with E-state index in [1.807, 2.05) is 11.8 Å². The van der Waals surface area contributed by atoms with Crippen LogP contribution in [-0.4, -0.2) is 30.6 Å². The van der Waals surface area contributed by atoms with E-state index in [1.165, 1.54) is 12.1 Å². The van der Waals surface area contributed by atoms with Crippen LogP contribution in [0.15, 0.2) is 12.1 Å². The van der Waals surface area contributed by atoms with Crippen molar-refractivity contribution in [1.29, 1.82) is 0 Å². The Morgan fingerprint density at radius 2 is 2.00 bits per heavy atom. The minimum Gasteiger partial charge on any atom is -0.465 e. The Balaban J connectivity index is 2.18. The summed E-state index contributed by atoms with van der Waals surface area (Å²) in [5, 5.41) is 2.99. The highest BCUT2D eigenvalue weighted by atomic mass is 32.2. The molecule has 19 heavy (non-hydrogen) atoms. The van der Waals surface area contributed by atoms with E-state index in [0.29, 0.717) is 0 Å². The molecule has 1 heterocycles. The Labute approximate surface area is 114 Å². The minimum atomic E-state index is -1.16. The van der Waals surface area contributed by atoms with Crippen molar-refractivity contribution in [2.24, 2.45) is 0 Å². The Kier molecular flexibility index (Phi) is 4.63. The monoisotopic (exact) mass is 287 g/mol. The van der Waals surface area contributed by atoms with E-state index >= 15 is 0 Å². The highest BCUT2D eigenvalue weighted by Gasteiger charge is 2.21. The van der Waals surface area contributed by atoms with Crippen molar-refractivity contribution in [3.63, 3.8) is 0 Å². The normalized spacial score (nSPS) is 16.2. The fourth-order valence-electron chi connectivity index (χ4n) is 1.99. The van der Waals surface area contributed by atoms with Crippen LogP contribution in [0.2, 0.25) is 0 Å². The van der Waals surface area contributed by atoms with Crippen molar-refractivity contribution >= 4 is 23.4 Å². The predicted octanol–water partition coefficient (Wildman–Crippen LogP) is 3.06. The molecule has 6 heteroatoms. The van der Waals surface area contributed by atoms with E-state index in [0.717, 1.165) is 31.5 Å². The zero-order chi connectivity index (χ0) is 13.8. The molecule has 0 saturated carbocycles. The fourth-order valence-corrected chi connectivity index (χ4v) is 3.10. The van der Waals surface area contributed by atoms with Crippen LogP contribution in [0.1, 0.15) is 23.2 Å². The van der Waals surface area contributed by atoms with Crippen molar-refractivity contribution in [1.82, 2.24) is 0 Å². The lowest BCUT2D eigenvalue weighted by Crippen LogP contribution is -2.25. The zero-order valence-corrected chi connectivity index (χ0v) is 11.4. The van der Waals surface area contributed by atoms with Gasteiger partial charge in [0.15, 0.2) is 11.6 Å². The van der Waals surface area contributed by atoms with E-state index in [1.54, 1.807) is 0 Å². The molecule has 2 rings (SSSR count). The molecule has 3 nitrogen and oxygen atoms in total. The van der Waals surface area contributed by atoms with E-state index in [4.69, 9.17) is 0 Å². The van der Waals surface area contributed by atoms with Gasteiger partial charge < -0.3 is 10.1 Å². The van der Waals surface area contributed by atoms with Gasteiger partial charge in [-0.15, -0.1) is 0 Å². The summed E-state index contributed by atoms with van der Waals surface area (Å²) in [6, 6.07) is 2.77. The van der Waals surface area contributed by atoms with E-state index in [2.05, 4.69) is 10.1 Å². The number of carbonyl (C=O) groups excluding carboxylic acids is 1. The van der Waals surface area contributed by atoms with Crippen molar-refractivity contribution in [2.75, 3.05) is 23.9 Å². The highest BCUT2D eigenvalue weighted by molar-refractivity contribution is 7.99. The van der Waals surface area contributed by atoms with Gasteiger partial charge in [-0.2, -0.15) is 11.8 Å². The van der Waals surface area contributed by atoms with Gasteiger partial charge in [-0.25, -0.2) is 13.6 Å². The number of halogens is 2. The highest BCUT2D eigenvalue weighted by Crippen LogP contribution is 2.25. The Morgan fingerprint density at radius 1 is 1.32 bits per heavy atom. The summed E-state index contributed by atoms with van der Waals surface area (Å²) >= 11 is 1.86.